The second-order valence-corrected chi connectivity index (χ2v) is 7.52. The molecule has 0 aromatic heterocycles. The van der Waals surface area contributed by atoms with Crippen molar-refractivity contribution in [2.75, 3.05) is 6.61 Å². The first-order chi connectivity index (χ1) is 12.6. The van der Waals surface area contributed by atoms with Crippen LogP contribution in [0.15, 0.2) is 53.0 Å². The van der Waals surface area contributed by atoms with Gasteiger partial charge in [0.2, 0.25) is 0 Å². The van der Waals surface area contributed by atoms with Crippen molar-refractivity contribution >= 4 is 21.9 Å². The Labute approximate surface area is 162 Å². The lowest BCUT2D eigenvalue weighted by atomic mass is 9.87. The number of para-hydroxylation sites is 1. The summed E-state index contributed by atoms with van der Waals surface area (Å²) in [6.45, 7) is 1.13. The molecule has 138 valence electrons. The Balaban J connectivity index is 1.51. The number of carboxylic acid groups (broad SMARTS) is 1. The van der Waals surface area contributed by atoms with Gasteiger partial charge in [0.05, 0.1) is 19.3 Å². The Hall–Kier alpha value is -1.85. The fourth-order valence-electron chi connectivity index (χ4n) is 3.34. The monoisotopic (exact) mass is 418 g/mol. The van der Waals surface area contributed by atoms with E-state index in [0.29, 0.717) is 24.9 Å². The fraction of sp³-hybridized carbons (Fsp3) is 0.381. The van der Waals surface area contributed by atoms with Crippen LogP contribution in [0.2, 0.25) is 0 Å². The predicted molar refractivity (Wildman–Crippen MR) is 104 cm³/mol. The van der Waals surface area contributed by atoms with Gasteiger partial charge in [0.1, 0.15) is 11.3 Å². The molecule has 3 rings (SSSR count). The quantitative estimate of drug-likeness (QED) is 0.662. The van der Waals surface area contributed by atoms with Crippen LogP contribution in [0.25, 0.3) is 0 Å². The van der Waals surface area contributed by atoms with Crippen LogP contribution in [0.3, 0.4) is 0 Å². The van der Waals surface area contributed by atoms with Gasteiger partial charge in [0.25, 0.3) is 0 Å². The zero-order valence-electron chi connectivity index (χ0n) is 14.6. The van der Waals surface area contributed by atoms with E-state index in [1.807, 2.05) is 18.2 Å². The molecule has 5 heteroatoms. The molecule has 26 heavy (non-hydrogen) atoms. The van der Waals surface area contributed by atoms with Gasteiger partial charge in [-0.3, -0.25) is 0 Å². The summed E-state index contributed by atoms with van der Waals surface area (Å²) in [5, 5.41) is 9.24. The average Bonchev–Trinajstić information content (AvgIpc) is 2.66. The van der Waals surface area contributed by atoms with Crippen molar-refractivity contribution in [3.05, 3.63) is 64.1 Å². The van der Waals surface area contributed by atoms with Crippen molar-refractivity contribution < 1.29 is 19.4 Å². The summed E-state index contributed by atoms with van der Waals surface area (Å²) in [7, 11) is 0. The van der Waals surface area contributed by atoms with Crippen LogP contribution >= 0.6 is 15.9 Å². The molecule has 1 saturated carbocycles. The molecule has 0 saturated heterocycles. The Morgan fingerprint density at radius 3 is 2.69 bits per heavy atom. The number of rotatable bonds is 7. The molecule has 1 N–H and O–H groups in total. The number of ether oxygens (including phenoxy) is 2. The largest absolute Gasteiger partial charge is 0.492 e. The van der Waals surface area contributed by atoms with Crippen LogP contribution in [0.1, 0.15) is 41.6 Å². The highest BCUT2D eigenvalue weighted by atomic mass is 79.9. The number of aromatic carboxylic acids is 1. The maximum absolute atomic E-state index is 11.3. The summed E-state index contributed by atoms with van der Waals surface area (Å²) in [5.74, 6) is -0.134. The molecule has 0 spiro atoms. The SMILES string of the molecule is O=C(O)c1ccccc1OCC1CCCC(OCc2ccccc2Br)C1. The topological polar surface area (TPSA) is 55.8 Å². The molecule has 2 aromatic rings. The number of hydrogen-bond donors (Lipinski definition) is 1. The molecule has 1 aliphatic carbocycles. The van der Waals surface area contributed by atoms with E-state index in [1.54, 1.807) is 24.3 Å². The number of carboxylic acids is 1. The Bertz CT molecular complexity index is 746. The van der Waals surface area contributed by atoms with Crippen molar-refractivity contribution in [2.45, 2.75) is 38.4 Å². The molecular formula is C21H23BrO4. The van der Waals surface area contributed by atoms with Crippen molar-refractivity contribution in [3.63, 3.8) is 0 Å². The first kappa shape index (κ1) is 18.9. The Kier molecular flexibility index (Phi) is 6.69. The molecule has 0 bridgehead atoms. The molecule has 2 aromatic carbocycles. The third-order valence-corrected chi connectivity index (χ3v) is 5.53. The molecule has 2 atom stereocenters. The van der Waals surface area contributed by atoms with E-state index in [0.717, 1.165) is 35.7 Å². The lowest BCUT2D eigenvalue weighted by Gasteiger charge is -2.29. The molecule has 0 heterocycles. The highest BCUT2D eigenvalue weighted by Crippen LogP contribution is 2.29. The van der Waals surface area contributed by atoms with E-state index in [1.165, 1.54) is 0 Å². The Morgan fingerprint density at radius 1 is 1.12 bits per heavy atom. The lowest BCUT2D eigenvalue weighted by molar-refractivity contribution is -0.00467. The van der Waals surface area contributed by atoms with Gasteiger partial charge in [-0.15, -0.1) is 0 Å². The summed E-state index contributed by atoms with van der Waals surface area (Å²) in [6.07, 6.45) is 4.42. The van der Waals surface area contributed by atoms with Crippen molar-refractivity contribution in [2.24, 2.45) is 5.92 Å². The van der Waals surface area contributed by atoms with Gasteiger partial charge >= 0.3 is 5.97 Å². The van der Waals surface area contributed by atoms with Crippen LogP contribution in [0.5, 0.6) is 5.75 Å². The van der Waals surface area contributed by atoms with E-state index in [9.17, 15) is 9.90 Å². The Morgan fingerprint density at radius 2 is 1.88 bits per heavy atom. The van der Waals surface area contributed by atoms with Crippen LogP contribution in [0, 0.1) is 5.92 Å². The van der Waals surface area contributed by atoms with Crippen molar-refractivity contribution in [3.8, 4) is 5.75 Å². The molecule has 1 aliphatic rings. The normalized spacial score (nSPS) is 19.9. The molecule has 0 amide bonds. The second-order valence-electron chi connectivity index (χ2n) is 6.67. The van der Waals surface area contributed by atoms with Gasteiger partial charge in [-0.2, -0.15) is 0 Å². The zero-order chi connectivity index (χ0) is 18.4. The highest BCUT2D eigenvalue weighted by Gasteiger charge is 2.24. The third-order valence-electron chi connectivity index (χ3n) is 4.76. The first-order valence-corrected chi connectivity index (χ1v) is 9.73. The van der Waals surface area contributed by atoms with Crippen LogP contribution in [-0.2, 0) is 11.3 Å². The molecule has 1 fully saturated rings. The van der Waals surface area contributed by atoms with E-state index in [-0.39, 0.29) is 11.7 Å². The fourth-order valence-corrected chi connectivity index (χ4v) is 3.74. The van der Waals surface area contributed by atoms with Gasteiger partial charge in [-0.05, 0) is 48.9 Å². The van der Waals surface area contributed by atoms with Crippen LogP contribution in [-0.4, -0.2) is 23.8 Å². The highest BCUT2D eigenvalue weighted by molar-refractivity contribution is 9.10. The molecule has 2 unspecified atom stereocenters. The third kappa shape index (κ3) is 5.08. The van der Waals surface area contributed by atoms with Gasteiger partial charge < -0.3 is 14.6 Å². The lowest BCUT2D eigenvalue weighted by Crippen LogP contribution is -2.26. The van der Waals surface area contributed by atoms with Gasteiger partial charge in [-0.1, -0.05) is 52.7 Å². The van der Waals surface area contributed by atoms with Gasteiger partial charge in [-0.25, -0.2) is 4.79 Å². The molecule has 0 aliphatic heterocycles. The molecular weight excluding hydrogens is 396 g/mol. The van der Waals surface area contributed by atoms with Crippen LogP contribution in [0.4, 0.5) is 0 Å². The summed E-state index contributed by atoms with van der Waals surface area (Å²) >= 11 is 3.55. The van der Waals surface area contributed by atoms with E-state index in [4.69, 9.17) is 9.47 Å². The van der Waals surface area contributed by atoms with Crippen LogP contribution < -0.4 is 4.74 Å². The standard InChI is InChI=1S/C21H23BrO4/c22-19-10-3-1-7-16(19)14-25-17-8-5-6-15(12-17)13-26-20-11-4-2-9-18(20)21(23)24/h1-4,7,9-11,15,17H,5-6,8,12-14H2,(H,23,24). The minimum Gasteiger partial charge on any atom is -0.492 e. The van der Waals surface area contributed by atoms with E-state index in [2.05, 4.69) is 22.0 Å². The van der Waals surface area contributed by atoms with Gasteiger partial charge in [0.15, 0.2) is 0 Å². The summed E-state index contributed by atoms with van der Waals surface area (Å²) < 4.78 is 13.0. The number of halogens is 1. The molecule has 0 radical (unpaired) electrons. The van der Waals surface area contributed by atoms with Gasteiger partial charge in [0, 0.05) is 4.47 Å². The minimum atomic E-state index is -0.959. The van der Waals surface area contributed by atoms with Crippen molar-refractivity contribution in [1.82, 2.24) is 0 Å². The average molecular weight is 419 g/mol. The molecule has 4 nitrogen and oxygen atoms in total. The van der Waals surface area contributed by atoms with Crippen molar-refractivity contribution in [1.29, 1.82) is 0 Å². The number of hydrogen-bond acceptors (Lipinski definition) is 3. The maximum Gasteiger partial charge on any atom is 0.339 e. The smallest absolute Gasteiger partial charge is 0.339 e. The second kappa shape index (κ2) is 9.19. The number of carbonyl (C=O) groups is 1. The van der Waals surface area contributed by atoms with E-state index >= 15 is 0 Å². The first-order valence-electron chi connectivity index (χ1n) is 8.93. The zero-order valence-corrected chi connectivity index (χ0v) is 16.2. The summed E-state index contributed by atoms with van der Waals surface area (Å²) in [4.78, 5) is 11.3. The summed E-state index contributed by atoms with van der Waals surface area (Å²) in [6, 6.07) is 14.9. The summed E-state index contributed by atoms with van der Waals surface area (Å²) in [5.41, 5.74) is 1.37. The predicted octanol–water partition coefficient (Wildman–Crippen LogP) is 5.30. The minimum absolute atomic E-state index is 0.213. The number of benzene rings is 2. The van der Waals surface area contributed by atoms with E-state index < -0.39 is 5.97 Å². The maximum atomic E-state index is 11.3.